The van der Waals surface area contributed by atoms with Gasteiger partial charge >= 0.3 is 10.4 Å². The molecule has 0 bridgehead atoms. The summed E-state index contributed by atoms with van der Waals surface area (Å²) >= 11 is 0. The van der Waals surface area contributed by atoms with Gasteiger partial charge in [0.1, 0.15) is 0 Å². The zero-order valence-corrected chi connectivity index (χ0v) is 21.9. The van der Waals surface area contributed by atoms with Crippen LogP contribution >= 0.6 is 0 Å². The Morgan fingerprint density at radius 2 is 0.742 bits per heavy atom. The fourth-order valence-corrected chi connectivity index (χ4v) is 3.80. The molecule has 0 heterocycles. The third kappa shape index (κ3) is 40.7. The van der Waals surface area contributed by atoms with Crippen molar-refractivity contribution in [3.63, 3.8) is 0 Å². The van der Waals surface area contributed by atoms with Gasteiger partial charge in [-0.25, -0.2) is 0 Å². The van der Waals surface area contributed by atoms with Crippen LogP contribution in [0.15, 0.2) is 0 Å². The summed E-state index contributed by atoms with van der Waals surface area (Å²) in [6, 6.07) is 0. The SMILES string of the molecule is CCCCCCCCCCCCCCCCCCCCCCN(C)CC.O=S(=O)(O)O. The van der Waals surface area contributed by atoms with E-state index in [1.807, 2.05) is 0 Å². The maximum Gasteiger partial charge on any atom is 0.394 e. The molecule has 0 saturated carbocycles. The standard InChI is InChI=1S/C25H53N.H2O4S/c1-4-6-7-8-9-10-11-12-13-14-15-16-17-18-19-20-21-22-23-24-25-26(3)5-2;1-5(2,3)4/h4-25H2,1-3H3;(H2,1,2,3,4). The number of hydrogen-bond donors (Lipinski definition) is 2. The smallest absolute Gasteiger partial charge is 0.307 e. The molecule has 0 amide bonds. The molecule has 190 valence electrons. The van der Waals surface area contributed by atoms with E-state index in [9.17, 15) is 0 Å². The van der Waals surface area contributed by atoms with E-state index in [2.05, 4.69) is 25.8 Å². The highest BCUT2D eigenvalue weighted by Crippen LogP contribution is 2.14. The van der Waals surface area contributed by atoms with Crippen LogP contribution in [0.1, 0.15) is 142 Å². The van der Waals surface area contributed by atoms with Gasteiger partial charge in [-0.3, -0.25) is 9.11 Å². The second kappa shape index (κ2) is 26.1. The van der Waals surface area contributed by atoms with Gasteiger partial charge in [0.15, 0.2) is 0 Å². The largest absolute Gasteiger partial charge is 0.394 e. The first-order valence-corrected chi connectivity index (χ1v) is 14.6. The van der Waals surface area contributed by atoms with Gasteiger partial charge in [-0.15, -0.1) is 0 Å². The lowest BCUT2D eigenvalue weighted by atomic mass is 10.0. The zero-order valence-electron chi connectivity index (χ0n) is 21.1. The highest BCUT2D eigenvalue weighted by atomic mass is 32.3. The Morgan fingerprint density at radius 3 is 0.968 bits per heavy atom. The van der Waals surface area contributed by atoms with Crippen molar-refractivity contribution in [3.8, 4) is 0 Å². The van der Waals surface area contributed by atoms with Crippen LogP contribution in [0.25, 0.3) is 0 Å². The normalized spacial score (nSPS) is 11.5. The van der Waals surface area contributed by atoms with E-state index >= 15 is 0 Å². The molecule has 0 aromatic heterocycles. The molecule has 0 aromatic rings. The molecule has 5 nitrogen and oxygen atoms in total. The van der Waals surface area contributed by atoms with Crippen LogP contribution in [0, 0.1) is 0 Å². The van der Waals surface area contributed by atoms with Gasteiger partial charge in [0.2, 0.25) is 0 Å². The van der Waals surface area contributed by atoms with Crippen molar-refractivity contribution in [1.82, 2.24) is 4.90 Å². The Balaban J connectivity index is 0. The minimum atomic E-state index is -4.67. The second-order valence-electron chi connectivity index (χ2n) is 9.06. The third-order valence-corrected chi connectivity index (χ3v) is 5.93. The molecule has 0 aromatic carbocycles. The maximum absolute atomic E-state index is 8.74. The van der Waals surface area contributed by atoms with E-state index in [0.717, 1.165) is 0 Å². The summed E-state index contributed by atoms with van der Waals surface area (Å²) in [5, 5.41) is 0. The molecule has 0 fully saturated rings. The molecule has 0 atom stereocenters. The van der Waals surface area contributed by atoms with Gasteiger partial charge in [0, 0.05) is 0 Å². The van der Waals surface area contributed by atoms with E-state index in [-0.39, 0.29) is 0 Å². The van der Waals surface area contributed by atoms with Crippen molar-refractivity contribution in [2.24, 2.45) is 0 Å². The third-order valence-electron chi connectivity index (χ3n) is 5.93. The first-order valence-electron chi connectivity index (χ1n) is 13.2. The molecular weight excluding hydrogens is 410 g/mol. The fourth-order valence-electron chi connectivity index (χ4n) is 3.80. The quantitative estimate of drug-likeness (QED) is 0.125. The number of rotatable bonds is 22. The van der Waals surface area contributed by atoms with Gasteiger partial charge in [-0.2, -0.15) is 8.42 Å². The van der Waals surface area contributed by atoms with Crippen LogP contribution < -0.4 is 0 Å². The second-order valence-corrected chi connectivity index (χ2v) is 9.96. The first kappa shape index (κ1) is 33.0. The Kier molecular flexibility index (Phi) is 27.8. The minimum absolute atomic E-state index is 1.19. The van der Waals surface area contributed by atoms with Crippen LogP contribution in [-0.2, 0) is 10.4 Å². The monoisotopic (exact) mass is 465 g/mol. The molecule has 0 aliphatic carbocycles. The highest BCUT2D eigenvalue weighted by Gasteiger charge is 1.96. The van der Waals surface area contributed by atoms with Crippen LogP contribution in [0.3, 0.4) is 0 Å². The molecule has 0 radical (unpaired) electrons. The molecule has 0 aliphatic heterocycles. The molecule has 0 aliphatic rings. The molecule has 2 N–H and O–H groups in total. The lowest BCUT2D eigenvalue weighted by molar-refractivity contribution is 0.340. The Labute approximate surface area is 195 Å². The summed E-state index contributed by atoms with van der Waals surface area (Å²) in [5.41, 5.74) is 0. The summed E-state index contributed by atoms with van der Waals surface area (Å²) in [6.45, 7) is 7.03. The van der Waals surface area contributed by atoms with E-state index in [0.29, 0.717) is 0 Å². The van der Waals surface area contributed by atoms with E-state index < -0.39 is 10.4 Å². The lowest BCUT2D eigenvalue weighted by Crippen LogP contribution is -2.18. The van der Waals surface area contributed by atoms with Crippen LogP contribution in [0.4, 0.5) is 0 Å². The highest BCUT2D eigenvalue weighted by molar-refractivity contribution is 7.79. The summed E-state index contributed by atoms with van der Waals surface area (Å²) in [4.78, 5) is 2.43. The van der Waals surface area contributed by atoms with Crippen LogP contribution in [0.5, 0.6) is 0 Å². The van der Waals surface area contributed by atoms with Gasteiger partial charge in [-0.1, -0.05) is 136 Å². The number of hydrogen-bond acceptors (Lipinski definition) is 3. The summed E-state index contributed by atoms with van der Waals surface area (Å²) < 4.78 is 31.6. The molecule has 0 rings (SSSR count). The van der Waals surface area contributed by atoms with E-state index in [1.54, 1.807) is 0 Å². The molecular formula is C25H55NO4S. The minimum Gasteiger partial charge on any atom is -0.307 e. The van der Waals surface area contributed by atoms with Gasteiger partial charge in [0.25, 0.3) is 0 Å². The van der Waals surface area contributed by atoms with Crippen LogP contribution in [0.2, 0.25) is 0 Å². The van der Waals surface area contributed by atoms with Crippen molar-refractivity contribution >= 4 is 10.4 Å². The average molecular weight is 466 g/mol. The number of unbranched alkanes of at least 4 members (excludes halogenated alkanes) is 19. The van der Waals surface area contributed by atoms with E-state index in [1.165, 1.54) is 142 Å². The average Bonchev–Trinajstić information content (AvgIpc) is 2.71. The molecule has 6 heteroatoms. The summed E-state index contributed by atoms with van der Waals surface area (Å²) in [6.07, 6.45) is 29.3. The molecule has 31 heavy (non-hydrogen) atoms. The summed E-state index contributed by atoms with van der Waals surface area (Å²) in [7, 11) is -2.43. The van der Waals surface area contributed by atoms with Gasteiger partial charge in [-0.05, 0) is 26.6 Å². The molecule has 0 spiro atoms. The Bertz CT molecular complexity index is 421. The molecule has 0 saturated heterocycles. The Morgan fingerprint density at radius 1 is 0.516 bits per heavy atom. The summed E-state index contributed by atoms with van der Waals surface area (Å²) in [5.74, 6) is 0. The number of nitrogens with zero attached hydrogens (tertiary/aromatic N) is 1. The van der Waals surface area contributed by atoms with Crippen molar-refractivity contribution in [1.29, 1.82) is 0 Å². The zero-order chi connectivity index (χ0) is 23.6. The van der Waals surface area contributed by atoms with Crippen molar-refractivity contribution in [2.45, 2.75) is 142 Å². The predicted molar refractivity (Wildman–Crippen MR) is 135 cm³/mol. The Hall–Kier alpha value is -0.170. The predicted octanol–water partition coefficient (Wildman–Crippen LogP) is 8.11. The lowest BCUT2D eigenvalue weighted by Gasteiger charge is -2.12. The fraction of sp³-hybridized carbons (Fsp3) is 1.00. The molecule has 0 unspecified atom stereocenters. The van der Waals surface area contributed by atoms with Crippen molar-refractivity contribution < 1.29 is 17.5 Å². The van der Waals surface area contributed by atoms with Crippen molar-refractivity contribution in [2.75, 3.05) is 20.1 Å². The van der Waals surface area contributed by atoms with E-state index in [4.69, 9.17) is 17.5 Å². The first-order chi connectivity index (χ1) is 14.8. The van der Waals surface area contributed by atoms with Crippen molar-refractivity contribution in [3.05, 3.63) is 0 Å². The topological polar surface area (TPSA) is 77.8 Å². The van der Waals surface area contributed by atoms with Crippen LogP contribution in [-0.4, -0.2) is 42.6 Å². The van der Waals surface area contributed by atoms with Gasteiger partial charge < -0.3 is 4.90 Å². The maximum atomic E-state index is 8.74. The van der Waals surface area contributed by atoms with Gasteiger partial charge in [0.05, 0.1) is 0 Å².